The number of amides is 1. The SMILES string of the molecule is N[C@H]1CCN(C(=O)c2sc(-c3ccc(C4CCN(C5CCOCC5)CC4)c(Cl)c3)cc2OC(F)(F)F)C1. The summed E-state index contributed by atoms with van der Waals surface area (Å²) < 4.78 is 49.1. The van der Waals surface area contributed by atoms with E-state index in [-0.39, 0.29) is 10.9 Å². The Morgan fingerprint density at radius 2 is 1.81 bits per heavy atom. The fourth-order valence-electron chi connectivity index (χ4n) is 5.62. The van der Waals surface area contributed by atoms with Crippen LogP contribution < -0.4 is 10.5 Å². The van der Waals surface area contributed by atoms with Crippen LogP contribution >= 0.6 is 22.9 Å². The number of nitrogens with zero attached hydrogens (tertiary/aromatic N) is 2. The highest BCUT2D eigenvalue weighted by molar-refractivity contribution is 7.17. The fourth-order valence-corrected chi connectivity index (χ4v) is 7.00. The van der Waals surface area contributed by atoms with Gasteiger partial charge in [0.1, 0.15) is 4.88 Å². The van der Waals surface area contributed by atoms with Crippen molar-refractivity contribution >= 4 is 28.8 Å². The summed E-state index contributed by atoms with van der Waals surface area (Å²) in [7, 11) is 0. The lowest BCUT2D eigenvalue weighted by Gasteiger charge is -2.39. The molecule has 3 aliphatic rings. The van der Waals surface area contributed by atoms with Gasteiger partial charge in [0.15, 0.2) is 5.75 Å². The number of nitrogens with two attached hydrogens (primary N) is 1. The zero-order chi connectivity index (χ0) is 26.2. The highest BCUT2D eigenvalue weighted by atomic mass is 35.5. The molecule has 0 spiro atoms. The first kappa shape index (κ1) is 26.7. The minimum atomic E-state index is -4.91. The third-order valence-corrected chi connectivity index (χ3v) is 9.07. The summed E-state index contributed by atoms with van der Waals surface area (Å²) in [6, 6.07) is 7.31. The zero-order valence-electron chi connectivity index (χ0n) is 20.4. The minimum absolute atomic E-state index is 0.0814. The Labute approximate surface area is 223 Å². The maximum Gasteiger partial charge on any atom is 0.573 e. The highest BCUT2D eigenvalue weighted by Crippen LogP contribution is 2.42. The number of piperidine rings is 1. The number of rotatable bonds is 5. The van der Waals surface area contributed by atoms with Gasteiger partial charge in [0.2, 0.25) is 0 Å². The average Bonchev–Trinajstić information content (AvgIpc) is 3.49. The second-order valence-electron chi connectivity index (χ2n) is 10.0. The summed E-state index contributed by atoms with van der Waals surface area (Å²) >= 11 is 7.69. The Bertz CT molecular complexity index is 1110. The Morgan fingerprint density at radius 1 is 1.08 bits per heavy atom. The van der Waals surface area contributed by atoms with E-state index in [4.69, 9.17) is 22.1 Å². The molecule has 1 aromatic heterocycles. The van der Waals surface area contributed by atoms with Crippen molar-refractivity contribution < 1.29 is 27.4 Å². The lowest BCUT2D eigenvalue weighted by molar-refractivity contribution is -0.274. The van der Waals surface area contributed by atoms with Gasteiger partial charge in [0.25, 0.3) is 5.91 Å². The van der Waals surface area contributed by atoms with Gasteiger partial charge >= 0.3 is 6.36 Å². The van der Waals surface area contributed by atoms with Gasteiger partial charge in [0, 0.05) is 54.4 Å². The number of hydrogen-bond donors (Lipinski definition) is 1. The van der Waals surface area contributed by atoms with Crippen LogP contribution in [0.15, 0.2) is 24.3 Å². The van der Waals surface area contributed by atoms with Crippen LogP contribution in [0.4, 0.5) is 13.2 Å². The molecule has 2 aromatic rings. The molecular formula is C26H31ClF3N3O3S. The molecule has 2 N–H and O–H groups in total. The number of carbonyl (C=O) groups excluding carboxylic acids is 1. The van der Waals surface area contributed by atoms with Gasteiger partial charge in [-0.3, -0.25) is 4.79 Å². The zero-order valence-corrected chi connectivity index (χ0v) is 22.0. The number of halogens is 4. The molecule has 3 saturated heterocycles. The maximum absolute atomic E-state index is 13.1. The number of hydrogen-bond acceptors (Lipinski definition) is 6. The quantitative estimate of drug-likeness (QED) is 0.526. The Hall–Kier alpha value is -1.85. The predicted molar refractivity (Wildman–Crippen MR) is 137 cm³/mol. The molecule has 1 atom stereocenters. The van der Waals surface area contributed by atoms with Gasteiger partial charge in [-0.25, -0.2) is 0 Å². The van der Waals surface area contributed by atoms with E-state index in [2.05, 4.69) is 9.64 Å². The second-order valence-corrected chi connectivity index (χ2v) is 11.5. The first-order valence-corrected chi connectivity index (χ1v) is 13.9. The maximum atomic E-state index is 13.1. The summed E-state index contributed by atoms with van der Waals surface area (Å²) in [6.07, 6.45) is -0.113. The van der Waals surface area contributed by atoms with E-state index < -0.39 is 18.0 Å². The number of alkyl halides is 3. The van der Waals surface area contributed by atoms with Crippen LogP contribution in [0.25, 0.3) is 10.4 Å². The van der Waals surface area contributed by atoms with Crippen LogP contribution in [0.5, 0.6) is 5.75 Å². The van der Waals surface area contributed by atoms with Crippen molar-refractivity contribution in [3.05, 3.63) is 39.7 Å². The van der Waals surface area contributed by atoms with Crippen LogP contribution in [-0.4, -0.2) is 73.5 Å². The lowest BCUT2D eigenvalue weighted by Crippen LogP contribution is -2.43. The number of likely N-dealkylation sites (tertiary alicyclic amines) is 2. The summed E-state index contributed by atoms with van der Waals surface area (Å²) in [4.78, 5) is 17.5. The molecule has 4 heterocycles. The topological polar surface area (TPSA) is 68.0 Å². The Balaban J connectivity index is 1.33. The van der Waals surface area contributed by atoms with E-state index in [0.29, 0.717) is 46.9 Å². The number of ether oxygens (including phenoxy) is 2. The number of thiophene rings is 1. The van der Waals surface area contributed by atoms with Crippen molar-refractivity contribution in [2.75, 3.05) is 39.4 Å². The summed E-state index contributed by atoms with van der Waals surface area (Å²) in [5.74, 6) is -0.650. The molecule has 202 valence electrons. The van der Waals surface area contributed by atoms with Crippen molar-refractivity contribution in [1.29, 1.82) is 0 Å². The molecule has 3 aliphatic heterocycles. The number of benzene rings is 1. The molecular weight excluding hydrogens is 527 g/mol. The predicted octanol–water partition coefficient (Wildman–Crippen LogP) is 5.50. The minimum Gasteiger partial charge on any atom is -0.404 e. The van der Waals surface area contributed by atoms with E-state index in [9.17, 15) is 18.0 Å². The highest BCUT2D eigenvalue weighted by Gasteiger charge is 2.36. The molecule has 37 heavy (non-hydrogen) atoms. The first-order valence-electron chi connectivity index (χ1n) is 12.7. The third-order valence-electron chi connectivity index (χ3n) is 7.59. The summed E-state index contributed by atoms with van der Waals surface area (Å²) in [5, 5.41) is 0.590. The van der Waals surface area contributed by atoms with E-state index in [1.807, 2.05) is 12.1 Å². The Morgan fingerprint density at radius 3 is 2.43 bits per heavy atom. The molecule has 11 heteroatoms. The standard InChI is InChI=1S/C26H31ClF3N3O3S/c27-21-13-17(1-2-20(21)16-3-8-32(9-4-16)19-6-11-35-12-7-19)23-14-22(36-26(28,29)30)24(37-23)25(34)33-10-5-18(31)15-33/h1-2,13-14,16,18-19H,3-12,15,31H2/t18-/m0/s1. The fraction of sp³-hybridized carbons (Fsp3) is 0.577. The molecule has 3 fully saturated rings. The Kier molecular flexibility index (Phi) is 8.02. The van der Waals surface area contributed by atoms with E-state index >= 15 is 0 Å². The van der Waals surface area contributed by atoms with Crippen molar-refractivity contribution in [2.45, 2.75) is 56.5 Å². The molecule has 0 radical (unpaired) electrons. The molecule has 1 aromatic carbocycles. The average molecular weight is 558 g/mol. The molecule has 0 aliphatic carbocycles. The summed E-state index contributed by atoms with van der Waals surface area (Å²) in [6.45, 7) is 4.41. The van der Waals surface area contributed by atoms with Gasteiger partial charge in [-0.05, 0) is 68.3 Å². The van der Waals surface area contributed by atoms with Crippen molar-refractivity contribution in [3.63, 3.8) is 0 Å². The molecule has 0 unspecified atom stereocenters. The van der Waals surface area contributed by atoms with Gasteiger partial charge in [-0.2, -0.15) is 0 Å². The van der Waals surface area contributed by atoms with Gasteiger partial charge in [-0.1, -0.05) is 23.7 Å². The van der Waals surface area contributed by atoms with Gasteiger partial charge in [-0.15, -0.1) is 24.5 Å². The van der Waals surface area contributed by atoms with Crippen LogP contribution in [0.2, 0.25) is 5.02 Å². The molecule has 0 saturated carbocycles. The molecule has 0 bridgehead atoms. The number of carbonyl (C=O) groups is 1. The molecule has 5 rings (SSSR count). The van der Waals surface area contributed by atoms with Gasteiger partial charge < -0.3 is 25.0 Å². The van der Waals surface area contributed by atoms with Crippen molar-refractivity contribution in [2.24, 2.45) is 5.73 Å². The van der Waals surface area contributed by atoms with Crippen LogP contribution in [-0.2, 0) is 4.74 Å². The van der Waals surface area contributed by atoms with Gasteiger partial charge in [0.05, 0.1) is 0 Å². The van der Waals surface area contributed by atoms with Crippen LogP contribution in [0, 0.1) is 0 Å². The van der Waals surface area contributed by atoms with Crippen LogP contribution in [0.1, 0.15) is 53.3 Å². The monoisotopic (exact) mass is 557 g/mol. The third kappa shape index (κ3) is 6.25. The van der Waals surface area contributed by atoms with E-state index in [0.717, 1.165) is 68.9 Å². The largest absolute Gasteiger partial charge is 0.573 e. The smallest absolute Gasteiger partial charge is 0.404 e. The van der Waals surface area contributed by atoms with Crippen molar-refractivity contribution in [1.82, 2.24) is 9.80 Å². The normalized spacial score (nSPS) is 22.5. The summed E-state index contributed by atoms with van der Waals surface area (Å²) in [5.41, 5.74) is 7.60. The van der Waals surface area contributed by atoms with Crippen molar-refractivity contribution in [3.8, 4) is 16.2 Å². The molecule has 1 amide bonds. The van der Waals surface area contributed by atoms with E-state index in [1.165, 1.54) is 11.0 Å². The lowest BCUT2D eigenvalue weighted by atomic mass is 9.87. The first-order chi connectivity index (χ1) is 17.7. The molecule has 6 nitrogen and oxygen atoms in total. The van der Waals surface area contributed by atoms with E-state index in [1.54, 1.807) is 6.07 Å². The second kappa shape index (κ2) is 11.1. The van der Waals surface area contributed by atoms with Crippen LogP contribution in [0.3, 0.4) is 0 Å².